The molecule has 1 aromatic carbocycles. The molecule has 0 radical (unpaired) electrons. The van der Waals surface area contributed by atoms with E-state index in [1.165, 1.54) is 11.5 Å². The van der Waals surface area contributed by atoms with E-state index in [4.69, 9.17) is 0 Å². The van der Waals surface area contributed by atoms with Crippen LogP contribution < -0.4 is 5.69 Å². The maximum atomic E-state index is 13.1. The summed E-state index contributed by atoms with van der Waals surface area (Å²) in [6.45, 7) is 1.55. The summed E-state index contributed by atoms with van der Waals surface area (Å²) >= 11 is 0. The minimum absolute atomic E-state index is 0.00232. The third kappa shape index (κ3) is 3.80. The Morgan fingerprint density at radius 2 is 1.79 bits per heavy atom. The van der Waals surface area contributed by atoms with E-state index in [1.807, 2.05) is 0 Å². The van der Waals surface area contributed by atoms with Gasteiger partial charge in [0.25, 0.3) is 9.84 Å². The molecular weight excluding hydrogens is 463 g/mol. The molecule has 0 fully saturated rings. The molecule has 0 saturated heterocycles. The van der Waals surface area contributed by atoms with Crippen molar-refractivity contribution in [2.24, 2.45) is 0 Å². The Kier molecular flexibility index (Phi) is 5.36. The molecule has 3 aromatic heterocycles. The van der Waals surface area contributed by atoms with Crippen LogP contribution in [0.25, 0.3) is 11.4 Å². The second-order valence-electron chi connectivity index (χ2n) is 7.01. The Bertz CT molecular complexity index is 1470. The van der Waals surface area contributed by atoms with Crippen LogP contribution in [0.15, 0.2) is 70.9 Å². The van der Waals surface area contributed by atoms with Crippen molar-refractivity contribution in [2.75, 3.05) is 0 Å². The first-order valence-corrected chi connectivity index (χ1v) is 10.9. The Labute approximate surface area is 184 Å². The Morgan fingerprint density at radius 1 is 1.09 bits per heavy atom. The lowest BCUT2D eigenvalue weighted by atomic mass is 10.2. The summed E-state index contributed by atoms with van der Waals surface area (Å²) in [7, 11) is -5.53. The molecule has 0 aliphatic rings. The maximum Gasteiger partial charge on any atom is 0.501 e. The lowest BCUT2D eigenvalue weighted by molar-refractivity contribution is -0.0436. The number of aromatic hydroxyl groups is 1. The topological polar surface area (TPSA) is 112 Å². The first-order chi connectivity index (χ1) is 15.5. The number of aromatic nitrogens is 5. The third-order valence-electron chi connectivity index (χ3n) is 5.04. The summed E-state index contributed by atoms with van der Waals surface area (Å²) < 4.78 is 65.2. The second kappa shape index (κ2) is 7.92. The van der Waals surface area contributed by atoms with Crippen LogP contribution in [-0.4, -0.2) is 42.9 Å². The van der Waals surface area contributed by atoms with Crippen molar-refractivity contribution in [3.63, 3.8) is 0 Å². The highest BCUT2D eigenvalue weighted by Gasteiger charge is 2.46. The second-order valence-corrected chi connectivity index (χ2v) is 8.95. The number of rotatable bonds is 5. The van der Waals surface area contributed by atoms with E-state index in [1.54, 1.807) is 41.6 Å². The molecule has 0 atom stereocenters. The van der Waals surface area contributed by atoms with Crippen LogP contribution in [0.5, 0.6) is 5.88 Å². The normalized spacial score (nSPS) is 12.2. The number of sulfone groups is 1. The average molecular weight is 479 g/mol. The maximum absolute atomic E-state index is 13.1. The zero-order valence-electron chi connectivity index (χ0n) is 16.9. The van der Waals surface area contributed by atoms with Gasteiger partial charge in [-0.05, 0) is 43.3 Å². The number of nitrogens with zero attached hydrogens (tertiary/aromatic N) is 5. The molecule has 4 rings (SSSR count). The molecule has 172 valence electrons. The highest BCUT2D eigenvalue weighted by atomic mass is 32.2. The number of imidazole rings is 1. The van der Waals surface area contributed by atoms with Crippen molar-refractivity contribution >= 4 is 9.84 Å². The number of benzene rings is 1. The van der Waals surface area contributed by atoms with E-state index >= 15 is 0 Å². The predicted molar refractivity (Wildman–Crippen MR) is 110 cm³/mol. The first-order valence-electron chi connectivity index (χ1n) is 9.38. The Morgan fingerprint density at radius 3 is 2.39 bits per heavy atom. The number of pyridine rings is 1. The minimum atomic E-state index is -5.53. The van der Waals surface area contributed by atoms with Gasteiger partial charge in [-0.15, -0.1) is 0 Å². The van der Waals surface area contributed by atoms with Gasteiger partial charge in [0.05, 0.1) is 34.7 Å². The lowest BCUT2D eigenvalue weighted by Gasteiger charge is -2.10. The Balaban J connectivity index is 1.75. The van der Waals surface area contributed by atoms with Crippen LogP contribution in [0.2, 0.25) is 0 Å². The van der Waals surface area contributed by atoms with Crippen LogP contribution in [0, 0.1) is 6.92 Å². The highest BCUT2D eigenvalue weighted by Crippen LogP contribution is 2.31. The fourth-order valence-corrected chi connectivity index (χ4v) is 4.06. The van der Waals surface area contributed by atoms with Gasteiger partial charge in [0.15, 0.2) is 0 Å². The largest absolute Gasteiger partial charge is 0.501 e. The molecule has 0 unspecified atom stereocenters. The SMILES string of the molecule is Cc1c(O)n(-c2ccc(S(=O)(=O)C(F)(F)F)cc2)c(=O)n1Cc1ccncc1-n1cccn1. The molecule has 0 aliphatic heterocycles. The summed E-state index contributed by atoms with van der Waals surface area (Å²) in [5.41, 5.74) is -4.63. The van der Waals surface area contributed by atoms with E-state index in [0.29, 0.717) is 11.3 Å². The molecule has 0 amide bonds. The van der Waals surface area contributed by atoms with Gasteiger partial charge < -0.3 is 5.11 Å². The van der Waals surface area contributed by atoms with Gasteiger partial charge in [-0.1, -0.05) is 0 Å². The molecule has 1 N–H and O–H groups in total. The van der Waals surface area contributed by atoms with Crippen LogP contribution in [-0.2, 0) is 16.4 Å². The van der Waals surface area contributed by atoms with E-state index in [9.17, 15) is 31.5 Å². The average Bonchev–Trinajstić information content (AvgIpc) is 3.37. The standard InChI is InChI=1S/C20H16F3N5O4S/c1-13-18(29)28(15-3-5-16(6-4-15)33(31,32)20(21,22)23)19(30)26(13)12-14-7-9-24-11-17(14)27-10-2-8-25-27/h2-11,29H,12H2,1H3. The smallest absolute Gasteiger partial charge is 0.493 e. The number of halogens is 3. The molecule has 9 nitrogen and oxygen atoms in total. The van der Waals surface area contributed by atoms with Gasteiger partial charge in [0.2, 0.25) is 5.88 Å². The molecule has 4 aromatic rings. The van der Waals surface area contributed by atoms with E-state index < -0.39 is 31.8 Å². The molecular formula is C20H16F3N5O4S. The predicted octanol–water partition coefficient (Wildman–Crippen LogP) is 2.58. The number of alkyl halides is 3. The summed E-state index contributed by atoms with van der Waals surface area (Å²) in [6.07, 6.45) is 6.40. The van der Waals surface area contributed by atoms with Gasteiger partial charge >= 0.3 is 11.2 Å². The monoisotopic (exact) mass is 479 g/mol. The zero-order chi connectivity index (χ0) is 24.0. The zero-order valence-corrected chi connectivity index (χ0v) is 17.7. The molecule has 0 spiro atoms. The quantitative estimate of drug-likeness (QED) is 0.471. The molecule has 0 bridgehead atoms. The molecule has 3 heterocycles. The van der Waals surface area contributed by atoms with Crippen molar-refractivity contribution in [1.82, 2.24) is 23.9 Å². The van der Waals surface area contributed by atoms with Gasteiger partial charge in [-0.3, -0.25) is 9.55 Å². The summed E-state index contributed by atoms with van der Waals surface area (Å²) in [5.74, 6) is -0.430. The fourth-order valence-electron chi connectivity index (χ4n) is 3.30. The van der Waals surface area contributed by atoms with Crippen molar-refractivity contribution in [2.45, 2.75) is 23.9 Å². The van der Waals surface area contributed by atoms with Crippen LogP contribution in [0.3, 0.4) is 0 Å². The molecule has 33 heavy (non-hydrogen) atoms. The molecule has 13 heteroatoms. The van der Waals surface area contributed by atoms with Crippen LogP contribution in [0.1, 0.15) is 11.3 Å². The van der Waals surface area contributed by atoms with Crippen LogP contribution in [0.4, 0.5) is 13.2 Å². The summed E-state index contributed by atoms with van der Waals surface area (Å²) in [4.78, 5) is 16.2. The van der Waals surface area contributed by atoms with Crippen molar-refractivity contribution in [3.05, 3.63) is 82.9 Å². The van der Waals surface area contributed by atoms with E-state index in [-0.39, 0.29) is 17.9 Å². The number of hydrogen-bond acceptors (Lipinski definition) is 6. The third-order valence-corrected chi connectivity index (χ3v) is 6.54. The summed E-state index contributed by atoms with van der Waals surface area (Å²) in [5, 5.41) is 14.7. The highest BCUT2D eigenvalue weighted by molar-refractivity contribution is 7.92. The van der Waals surface area contributed by atoms with Crippen LogP contribution >= 0.6 is 0 Å². The fraction of sp³-hybridized carbons (Fsp3) is 0.150. The van der Waals surface area contributed by atoms with Gasteiger partial charge in [-0.25, -0.2) is 22.5 Å². The van der Waals surface area contributed by atoms with Gasteiger partial charge in [0.1, 0.15) is 0 Å². The lowest BCUT2D eigenvalue weighted by Crippen LogP contribution is -2.25. The van der Waals surface area contributed by atoms with Crippen molar-refractivity contribution in [3.8, 4) is 17.3 Å². The molecule has 0 saturated carbocycles. The first kappa shape index (κ1) is 22.3. The van der Waals surface area contributed by atoms with E-state index in [2.05, 4.69) is 10.1 Å². The van der Waals surface area contributed by atoms with Gasteiger partial charge in [-0.2, -0.15) is 18.3 Å². The number of hydrogen-bond donors (Lipinski definition) is 1. The van der Waals surface area contributed by atoms with Crippen molar-refractivity contribution < 1.29 is 26.7 Å². The minimum Gasteiger partial charge on any atom is -0.493 e. The van der Waals surface area contributed by atoms with Crippen molar-refractivity contribution in [1.29, 1.82) is 0 Å². The van der Waals surface area contributed by atoms with Gasteiger partial charge in [0, 0.05) is 24.2 Å². The Hall–Kier alpha value is -3.87. The van der Waals surface area contributed by atoms with E-state index in [0.717, 1.165) is 28.8 Å². The molecule has 0 aliphatic carbocycles. The summed E-state index contributed by atoms with van der Waals surface area (Å²) in [6, 6.07) is 6.91.